The van der Waals surface area contributed by atoms with Crippen LogP contribution in [0, 0.1) is 0 Å². The zero-order chi connectivity index (χ0) is 10.3. The van der Waals surface area contributed by atoms with Gasteiger partial charge in [0.2, 0.25) is 0 Å². The van der Waals surface area contributed by atoms with E-state index in [9.17, 15) is 8.42 Å². The molecule has 0 aliphatic rings. The van der Waals surface area contributed by atoms with Gasteiger partial charge in [0.1, 0.15) is 0 Å². The van der Waals surface area contributed by atoms with E-state index in [-0.39, 0.29) is 24.2 Å². The van der Waals surface area contributed by atoms with Crippen LogP contribution < -0.4 is 5.73 Å². The Morgan fingerprint density at radius 1 is 1.38 bits per heavy atom. The van der Waals surface area contributed by atoms with E-state index in [1.807, 2.05) is 6.92 Å². The van der Waals surface area contributed by atoms with Gasteiger partial charge in [0.25, 0.3) is 0 Å². The third-order valence-electron chi connectivity index (χ3n) is 1.40. The summed E-state index contributed by atoms with van der Waals surface area (Å²) in [5, 5.41) is 0. The first-order valence-corrected chi connectivity index (χ1v) is 6.34. The SMILES string of the molecule is CCCOCCS(=O)(=O)CC(C)N. The maximum Gasteiger partial charge on any atom is 0.154 e. The molecule has 0 aliphatic carbocycles. The number of sulfone groups is 1. The second-order valence-electron chi connectivity index (χ2n) is 3.20. The zero-order valence-corrected chi connectivity index (χ0v) is 9.14. The molecule has 0 saturated carbocycles. The minimum Gasteiger partial charge on any atom is -0.380 e. The number of hydrogen-bond donors (Lipinski definition) is 1. The molecule has 0 bridgehead atoms. The van der Waals surface area contributed by atoms with E-state index in [0.717, 1.165) is 6.42 Å². The highest BCUT2D eigenvalue weighted by molar-refractivity contribution is 7.91. The lowest BCUT2D eigenvalue weighted by Gasteiger charge is -2.06. The molecule has 4 nitrogen and oxygen atoms in total. The Balaban J connectivity index is 3.64. The Labute approximate surface area is 80.4 Å². The van der Waals surface area contributed by atoms with Crippen LogP contribution in [0.1, 0.15) is 20.3 Å². The molecule has 0 aromatic heterocycles. The van der Waals surface area contributed by atoms with Crippen molar-refractivity contribution in [2.24, 2.45) is 5.73 Å². The molecule has 80 valence electrons. The predicted octanol–water partition coefficient (Wildman–Crippen LogP) is 0.175. The van der Waals surface area contributed by atoms with Crippen LogP contribution in [0.15, 0.2) is 0 Å². The lowest BCUT2D eigenvalue weighted by atomic mass is 10.4. The van der Waals surface area contributed by atoms with Crippen molar-refractivity contribution in [1.29, 1.82) is 0 Å². The van der Waals surface area contributed by atoms with Crippen molar-refractivity contribution in [2.75, 3.05) is 24.7 Å². The molecule has 0 radical (unpaired) electrons. The molecule has 0 heterocycles. The maximum absolute atomic E-state index is 11.2. The predicted molar refractivity (Wildman–Crippen MR) is 53.4 cm³/mol. The van der Waals surface area contributed by atoms with Gasteiger partial charge in [-0.2, -0.15) is 0 Å². The van der Waals surface area contributed by atoms with Gasteiger partial charge in [-0.3, -0.25) is 0 Å². The van der Waals surface area contributed by atoms with Crippen LogP contribution in [0.2, 0.25) is 0 Å². The highest BCUT2D eigenvalue weighted by Crippen LogP contribution is 1.93. The van der Waals surface area contributed by atoms with Crippen molar-refractivity contribution in [1.82, 2.24) is 0 Å². The van der Waals surface area contributed by atoms with Crippen LogP contribution in [0.25, 0.3) is 0 Å². The molecule has 0 rings (SSSR count). The lowest BCUT2D eigenvalue weighted by molar-refractivity contribution is 0.149. The van der Waals surface area contributed by atoms with Crippen LogP contribution in [-0.2, 0) is 14.6 Å². The van der Waals surface area contributed by atoms with E-state index in [4.69, 9.17) is 10.5 Å². The first kappa shape index (κ1) is 12.9. The molecule has 1 unspecified atom stereocenters. The lowest BCUT2D eigenvalue weighted by Crippen LogP contribution is -2.29. The number of nitrogens with two attached hydrogens (primary N) is 1. The first-order chi connectivity index (χ1) is 5.98. The Morgan fingerprint density at radius 2 is 2.00 bits per heavy atom. The molecule has 0 aromatic carbocycles. The molecule has 5 heteroatoms. The van der Waals surface area contributed by atoms with E-state index < -0.39 is 9.84 Å². The Hall–Kier alpha value is -0.130. The van der Waals surface area contributed by atoms with Gasteiger partial charge in [-0.15, -0.1) is 0 Å². The summed E-state index contributed by atoms with van der Waals surface area (Å²) in [4.78, 5) is 0. The van der Waals surface area contributed by atoms with Crippen molar-refractivity contribution in [3.63, 3.8) is 0 Å². The smallest absolute Gasteiger partial charge is 0.154 e. The Bertz CT molecular complexity index is 211. The van der Waals surface area contributed by atoms with Crippen LogP contribution in [0.5, 0.6) is 0 Å². The minimum absolute atomic E-state index is 0.0441. The summed E-state index contributed by atoms with van der Waals surface area (Å²) in [5.41, 5.74) is 5.39. The molecule has 13 heavy (non-hydrogen) atoms. The number of rotatable bonds is 7. The van der Waals surface area contributed by atoms with Gasteiger partial charge < -0.3 is 10.5 Å². The first-order valence-electron chi connectivity index (χ1n) is 4.51. The molecule has 0 saturated heterocycles. The van der Waals surface area contributed by atoms with Crippen LogP contribution in [0.4, 0.5) is 0 Å². The standard InChI is InChI=1S/C8H19NO3S/c1-3-4-12-5-6-13(10,11)7-8(2)9/h8H,3-7,9H2,1-2H3. The van der Waals surface area contributed by atoms with E-state index in [2.05, 4.69) is 0 Å². The van der Waals surface area contributed by atoms with Gasteiger partial charge in [0, 0.05) is 12.6 Å². The van der Waals surface area contributed by atoms with Crippen molar-refractivity contribution in [3.05, 3.63) is 0 Å². The van der Waals surface area contributed by atoms with Crippen molar-refractivity contribution in [2.45, 2.75) is 26.3 Å². The molecule has 0 spiro atoms. The van der Waals surface area contributed by atoms with Crippen LogP contribution >= 0.6 is 0 Å². The molecular formula is C8H19NO3S. The van der Waals surface area contributed by atoms with E-state index in [0.29, 0.717) is 6.61 Å². The topological polar surface area (TPSA) is 69.4 Å². The molecule has 0 aromatic rings. The van der Waals surface area contributed by atoms with Gasteiger partial charge in [-0.1, -0.05) is 6.92 Å². The minimum atomic E-state index is -3.01. The fourth-order valence-corrected chi connectivity index (χ4v) is 2.26. The maximum atomic E-state index is 11.2. The summed E-state index contributed by atoms with van der Waals surface area (Å²) < 4.78 is 27.6. The van der Waals surface area contributed by atoms with Gasteiger partial charge >= 0.3 is 0 Å². The molecular weight excluding hydrogens is 190 g/mol. The molecule has 0 amide bonds. The summed E-state index contributed by atoms with van der Waals surface area (Å²) in [5.74, 6) is 0.122. The molecule has 1 atom stereocenters. The van der Waals surface area contributed by atoms with E-state index in [1.165, 1.54) is 0 Å². The van der Waals surface area contributed by atoms with Crippen molar-refractivity contribution < 1.29 is 13.2 Å². The molecule has 0 fully saturated rings. The van der Waals surface area contributed by atoms with E-state index >= 15 is 0 Å². The Kier molecular flexibility index (Phi) is 6.28. The second-order valence-corrected chi connectivity index (χ2v) is 5.43. The van der Waals surface area contributed by atoms with Gasteiger partial charge in [0.05, 0.1) is 18.1 Å². The summed E-state index contributed by atoms with van der Waals surface area (Å²) in [6.45, 7) is 4.57. The summed E-state index contributed by atoms with van der Waals surface area (Å²) in [6.07, 6.45) is 0.910. The second kappa shape index (κ2) is 6.34. The highest BCUT2D eigenvalue weighted by atomic mass is 32.2. The monoisotopic (exact) mass is 209 g/mol. The van der Waals surface area contributed by atoms with Crippen LogP contribution in [0.3, 0.4) is 0 Å². The average molecular weight is 209 g/mol. The normalized spacial score (nSPS) is 14.4. The van der Waals surface area contributed by atoms with Gasteiger partial charge in [0.15, 0.2) is 9.84 Å². The van der Waals surface area contributed by atoms with Gasteiger partial charge in [-0.05, 0) is 13.3 Å². The van der Waals surface area contributed by atoms with E-state index in [1.54, 1.807) is 6.92 Å². The number of hydrogen-bond acceptors (Lipinski definition) is 4. The summed E-state index contributed by atoms with van der Waals surface area (Å²) in [6, 6.07) is -0.295. The average Bonchev–Trinajstić information content (AvgIpc) is 1.95. The van der Waals surface area contributed by atoms with Crippen LogP contribution in [-0.4, -0.2) is 39.2 Å². The molecule has 2 N–H and O–H groups in total. The third-order valence-corrected chi connectivity index (χ3v) is 3.23. The summed E-state index contributed by atoms with van der Waals surface area (Å²) >= 11 is 0. The molecule has 0 aliphatic heterocycles. The quantitative estimate of drug-likeness (QED) is 0.607. The highest BCUT2D eigenvalue weighted by Gasteiger charge is 2.12. The fourth-order valence-electron chi connectivity index (χ4n) is 0.916. The van der Waals surface area contributed by atoms with Crippen molar-refractivity contribution in [3.8, 4) is 0 Å². The third kappa shape index (κ3) is 8.21. The largest absolute Gasteiger partial charge is 0.380 e. The Morgan fingerprint density at radius 3 is 2.46 bits per heavy atom. The van der Waals surface area contributed by atoms with Crippen molar-refractivity contribution >= 4 is 9.84 Å². The number of ether oxygens (including phenoxy) is 1. The summed E-state index contributed by atoms with van der Waals surface area (Å²) in [7, 11) is -3.01. The van der Waals surface area contributed by atoms with Gasteiger partial charge in [-0.25, -0.2) is 8.42 Å². The fraction of sp³-hybridized carbons (Fsp3) is 1.00. The zero-order valence-electron chi connectivity index (χ0n) is 8.32.